The van der Waals surface area contributed by atoms with Crippen LogP contribution in [0, 0.1) is 0 Å². The Morgan fingerprint density at radius 1 is 1.20 bits per heavy atom. The molecule has 4 rings (SSSR count). The van der Waals surface area contributed by atoms with Crippen LogP contribution in [-0.4, -0.2) is 37.7 Å². The average molecular weight is 337 g/mol. The van der Waals surface area contributed by atoms with Crippen LogP contribution in [0.4, 0.5) is 10.5 Å². The molecule has 0 unspecified atom stereocenters. The summed E-state index contributed by atoms with van der Waals surface area (Å²) in [5.74, 6) is 0.756. The number of urea groups is 1. The minimum absolute atomic E-state index is 0.0334. The van der Waals surface area contributed by atoms with Crippen LogP contribution < -0.4 is 20.3 Å². The Morgan fingerprint density at radius 3 is 2.72 bits per heavy atom. The molecule has 2 heterocycles. The highest BCUT2D eigenvalue weighted by molar-refractivity contribution is 5.97. The molecule has 0 radical (unpaired) electrons. The summed E-state index contributed by atoms with van der Waals surface area (Å²) in [4.78, 5) is 25.6. The van der Waals surface area contributed by atoms with Gasteiger partial charge in [0.2, 0.25) is 0 Å². The number of fused-ring (bicyclic) bond motifs is 1. The van der Waals surface area contributed by atoms with Gasteiger partial charge < -0.3 is 15.4 Å². The van der Waals surface area contributed by atoms with Crippen LogP contribution >= 0.6 is 0 Å². The lowest BCUT2D eigenvalue weighted by molar-refractivity contribution is 0.0933. The maximum atomic E-state index is 12.3. The normalized spacial score (nSPS) is 18.5. The highest BCUT2D eigenvalue weighted by Gasteiger charge is 2.23. The van der Waals surface area contributed by atoms with E-state index < -0.39 is 0 Å². The van der Waals surface area contributed by atoms with Crippen molar-refractivity contribution in [3.63, 3.8) is 0 Å². The third kappa shape index (κ3) is 3.15. The van der Waals surface area contributed by atoms with Gasteiger partial charge in [-0.3, -0.25) is 9.69 Å². The van der Waals surface area contributed by atoms with Gasteiger partial charge in [0.15, 0.2) is 0 Å². The molecule has 6 heteroatoms. The number of carbonyl (C=O) groups is 2. The quantitative estimate of drug-likeness (QED) is 0.896. The molecule has 0 saturated carbocycles. The van der Waals surface area contributed by atoms with Gasteiger partial charge in [-0.1, -0.05) is 18.2 Å². The van der Waals surface area contributed by atoms with Gasteiger partial charge >= 0.3 is 6.03 Å². The minimum atomic E-state index is -0.142. The SMILES string of the molecule is O=C(NC[C@H]1Cc2ccccc2O1)c1ccc(N2CCNC2=O)cc1. The maximum Gasteiger partial charge on any atom is 0.321 e. The van der Waals surface area contributed by atoms with Crippen molar-refractivity contribution in [2.75, 3.05) is 24.5 Å². The standard InChI is InChI=1S/C19H19N3O3/c23-18(21-12-16-11-14-3-1-2-4-17(14)25-16)13-5-7-15(8-6-13)22-10-9-20-19(22)24/h1-8,16H,9-12H2,(H,20,24)(H,21,23)/t16-/m1/s1. The third-order valence-corrected chi connectivity index (χ3v) is 4.50. The number of nitrogens with zero attached hydrogens (tertiary/aromatic N) is 1. The van der Waals surface area contributed by atoms with E-state index in [1.165, 1.54) is 5.56 Å². The molecule has 2 aromatic carbocycles. The lowest BCUT2D eigenvalue weighted by Gasteiger charge is -2.15. The number of ether oxygens (including phenoxy) is 1. The highest BCUT2D eigenvalue weighted by Crippen LogP contribution is 2.27. The van der Waals surface area contributed by atoms with Gasteiger partial charge in [0.05, 0.1) is 6.54 Å². The number of benzene rings is 2. The number of rotatable bonds is 4. The Bertz CT molecular complexity index is 779. The fraction of sp³-hybridized carbons (Fsp3) is 0.263. The van der Waals surface area contributed by atoms with E-state index in [2.05, 4.69) is 10.6 Å². The summed E-state index contributed by atoms with van der Waals surface area (Å²) in [6.07, 6.45) is 0.772. The number of para-hydroxylation sites is 1. The van der Waals surface area contributed by atoms with Crippen LogP contribution in [0.25, 0.3) is 0 Å². The summed E-state index contributed by atoms with van der Waals surface area (Å²) in [6, 6.07) is 14.9. The molecule has 2 aliphatic heterocycles. The van der Waals surface area contributed by atoms with Gasteiger partial charge in [-0.05, 0) is 35.9 Å². The molecular formula is C19H19N3O3. The number of carbonyl (C=O) groups excluding carboxylic acids is 2. The van der Waals surface area contributed by atoms with Crippen LogP contribution in [0.3, 0.4) is 0 Å². The van der Waals surface area contributed by atoms with E-state index in [1.54, 1.807) is 29.2 Å². The third-order valence-electron chi connectivity index (χ3n) is 4.50. The monoisotopic (exact) mass is 337 g/mol. The molecule has 0 aliphatic carbocycles. The molecule has 2 aromatic rings. The van der Waals surface area contributed by atoms with E-state index >= 15 is 0 Å². The molecule has 2 aliphatic rings. The van der Waals surface area contributed by atoms with E-state index in [1.807, 2.05) is 24.3 Å². The predicted molar refractivity (Wildman–Crippen MR) is 94.1 cm³/mol. The number of anilines is 1. The van der Waals surface area contributed by atoms with E-state index in [9.17, 15) is 9.59 Å². The van der Waals surface area contributed by atoms with Gasteiger partial charge in [0, 0.05) is 30.8 Å². The van der Waals surface area contributed by atoms with Crippen LogP contribution in [0.2, 0.25) is 0 Å². The zero-order valence-corrected chi connectivity index (χ0v) is 13.7. The first-order chi connectivity index (χ1) is 12.2. The molecule has 1 fully saturated rings. The van der Waals surface area contributed by atoms with E-state index in [0.717, 1.165) is 17.9 Å². The number of amides is 3. The number of nitrogens with one attached hydrogen (secondary N) is 2. The Morgan fingerprint density at radius 2 is 2.00 bits per heavy atom. The molecule has 1 saturated heterocycles. The van der Waals surface area contributed by atoms with Crippen molar-refractivity contribution >= 4 is 17.6 Å². The molecule has 128 valence electrons. The molecule has 2 N–H and O–H groups in total. The largest absolute Gasteiger partial charge is 0.488 e. The molecular weight excluding hydrogens is 318 g/mol. The summed E-state index contributed by atoms with van der Waals surface area (Å²) in [6.45, 7) is 1.75. The minimum Gasteiger partial charge on any atom is -0.488 e. The van der Waals surface area contributed by atoms with Gasteiger partial charge in [-0.25, -0.2) is 4.79 Å². The van der Waals surface area contributed by atoms with Gasteiger partial charge in [-0.2, -0.15) is 0 Å². The van der Waals surface area contributed by atoms with Crippen LogP contribution in [-0.2, 0) is 6.42 Å². The predicted octanol–water partition coefficient (Wildman–Crippen LogP) is 1.95. The topological polar surface area (TPSA) is 70.7 Å². The summed E-state index contributed by atoms with van der Waals surface area (Å²) in [7, 11) is 0. The molecule has 0 spiro atoms. The van der Waals surface area contributed by atoms with Gasteiger partial charge in [0.1, 0.15) is 11.9 Å². The van der Waals surface area contributed by atoms with Crippen molar-refractivity contribution < 1.29 is 14.3 Å². The fourth-order valence-corrected chi connectivity index (χ4v) is 3.19. The number of hydrogen-bond acceptors (Lipinski definition) is 3. The van der Waals surface area contributed by atoms with Crippen LogP contribution in [0.5, 0.6) is 5.75 Å². The second-order valence-electron chi connectivity index (χ2n) is 6.19. The molecule has 6 nitrogen and oxygen atoms in total. The smallest absolute Gasteiger partial charge is 0.321 e. The second-order valence-corrected chi connectivity index (χ2v) is 6.19. The summed E-state index contributed by atoms with van der Waals surface area (Å²) in [5, 5.41) is 5.68. The van der Waals surface area contributed by atoms with Crippen molar-refractivity contribution in [1.29, 1.82) is 0 Å². The Labute approximate surface area is 145 Å². The zero-order valence-electron chi connectivity index (χ0n) is 13.7. The van der Waals surface area contributed by atoms with Crippen LogP contribution in [0.15, 0.2) is 48.5 Å². The Balaban J connectivity index is 1.33. The first-order valence-electron chi connectivity index (χ1n) is 8.39. The van der Waals surface area contributed by atoms with Crippen molar-refractivity contribution in [3.8, 4) is 5.75 Å². The summed E-state index contributed by atoms with van der Waals surface area (Å²) < 4.78 is 5.83. The molecule has 0 aromatic heterocycles. The number of hydrogen-bond donors (Lipinski definition) is 2. The van der Waals surface area contributed by atoms with Crippen LogP contribution in [0.1, 0.15) is 15.9 Å². The zero-order chi connectivity index (χ0) is 17.2. The first-order valence-corrected chi connectivity index (χ1v) is 8.39. The molecule has 3 amide bonds. The van der Waals surface area contributed by atoms with E-state index in [4.69, 9.17) is 4.74 Å². The van der Waals surface area contributed by atoms with E-state index in [0.29, 0.717) is 25.2 Å². The van der Waals surface area contributed by atoms with Crippen molar-refractivity contribution in [1.82, 2.24) is 10.6 Å². The lowest BCUT2D eigenvalue weighted by Crippen LogP contribution is -2.34. The second kappa shape index (κ2) is 6.47. The first kappa shape index (κ1) is 15.5. The van der Waals surface area contributed by atoms with Crippen molar-refractivity contribution in [3.05, 3.63) is 59.7 Å². The Hall–Kier alpha value is -3.02. The van der Waals surface area contributed by atoms with Crippen molar-refractivity contribution in [2.24, 2.45) is 0 Å². The average Bonchev–Trinajstić information content (AvgIpc) is 3.25. The fourth-order valence-electron chi connectivity index (χ4n) is 3.19. The highest BCUT2D eigenvalue weighted by atomic mass is 16.5. The summed E-state index contributed by atoms with van der Waals surface area (Å²) in [5.41, 5.74) is 2.54. The lowest BCUT2D eigenvalue weighted by atomic mass is 10.1. The summed E-state index contributed by atoms with van der Waals surface area (Å²) >= 11 is 0. The van der Waals surface area contributed by atoms with Gasteiger partial charge in [-0.15, -0.1) is 0 Å². The molecule has 1 atom stereocenters. The van der Waals surface area contributed by atoms with Crippen molar-refractivity contribution in [2.45, 2.75) is 12.5 Å². The Kier molecular flexibility index (Phi) is 4.01. The molecule has 25 heavy (non-hydrogen) atoms. The van der Waals surface area contributed by atoms with Gasteiger partial charge in [0.25, 0.3) is 5.91 Å². The van der Waals surface area contributed by atoms with E-state index in [-0.39, 0.29) is 18.0 Å². The maximum absolute atomic E-state index is 12.3. The molecule has 0 bridgehead atoms.